The number of aliphatic hydroxyl groups is 1. The summed E-state index contributed by atoms with van der Waals surface area (Å²) in [5.41, 5.74) is 0. The number of carbonyl (C=O) groups is 1. The van der Waals surface area contributed by atoms with E-state index in [4.69, 9.17) is 12.2 Å². The van der Waals surface area contributed by atoms with Gasteiger partial charge in [0.2, 0.25) is 5.91 Å². The Hall–Kier alpha value is 0.0900. The number of allylic oxidation sites excluding steroid dienone is 1. The van der Waals surface area contributed by atoms with Crippen LogP contribution in [0.3, 0.4) is 0 Å². The van der Waals surface area contributed by atoms with Crippen molar-refractivity contribution in [2.45, 2.75) is 39.3 Å². The SMILES string of the molecule is C/C(Br)=C\[C@@H](O)CC(=O)N1C(=S)SCC1C(C)C. The zero-order valence-electron chi connectivity index (χ0n) is 10.7. The maximum Gasteiger partial charge on any atom is 0.231 e. The van der Waals surface area contributed by atoms with Gasteiger partial charge in [-0.05, 0) is 23.4 Å². The first-order valence-electron chi connectivity index (χ1n) is 5.83. The van der Waals surface area contributed by atoms with Gasteiger partial charge in [-0.2, -0.15) is 0 Å². The Morgan fingerprint density at radius 2 is 2.33 bits per heavy atom. The van der Waals surface area contributed by atoms with E-state index in [0.717, 1.165) is 10.2 Å². The molecule has 1 saturated heterocycles. The summed E-state index contributed by atoms with van der Waals surface area (Å²) >= 11 is 10.00. The van der Waals surface area contributed by atoms with Gasteiger partial charge in [0.05, 0.1) is 12.5 Å². The third kappa shape index (κ3) is 4.33. The number of carbonyl (C=O) groups excluding carboxylic acids is 1. The first kappa shape index (κ1) is 16.1. The van der Waals surface area contributed by atoms with Crippen molar-refractivity contribution in [3.63, 3.8) is 0 Å². The van der Waals surface area contributed by atoms with Gasteiger partial charge in [0, 0.05) is 11.8 Å². The van der Waals surface area contributed by atoms with Crippen LogP contribution in [0, 0.1) is 5.92 Å². The molecule has 1 fully saturated rings. The second kappa shape index (κ2) is 7.03. The van der Waals surface area contributed by atoms with Gasteiger partial charge in [-0.15, -0.1) is 0 Å². The average molecular weight is 352 g/mol. The molecule has 2 atom stereocenters. The predicted octanol–water partition coefficient (Wildman–Crippen LogP) is 2.92. The summed E-state index contributed by atoms with van der Waals surface area (Å²) in [7, 11) is 0. The predicted molar refractivity (Wildman–Crippen MR) is 83.8 cm³/mol. The molecule has 6 heteroatoms. The summed E-state index contributed by atoms with van der Waals surface area (Å²) in [6.45, 7) is 5.98. The van der Waals surface area contributed by atoms with E-state index in [9.17, 15) is 9.90 Å². The minimum absolute atomic E-state index is 0.0762. The Balaban J connectivity index is 2.70. The van der Waals surface area contributed by atoms with Crippen LogP contribution in [0.2, 0.25) is 0 Å². The number of thiocarbonyl (C=S) groups is 1. The van der Waals surface area contributed by atoms with E-state index >= 15 is 0 Å². The van der Waals surface area contributed by atoms with E-state index in [1.807, 2.05) is 6.92 Å². The van der Waals surface area contributed by atoms with Crippen LogP contribution < -0.4 is 0 Å². The normalized spacial score (nSPS) is 22.8. The fourth-order valence-electron chi connectivity index (χ4n) is 1.81. The Morgan fingerprint density at radius 1 is 1.72 bits per heavy atom. The van der Waals surface area contributed by atoms with E-state index in [0.29, 0.717) is 10.2 Å². The Bertz CT molecular complexity index is 367. The first-order chi connectivity index (χ1) is 8.32. The lowest BCUT2D eigenvalue weighted by molar-refractivity contribution is -0.130. The summed E-state index contributed by atoms with van der Waals surface area (Å²) < 4.78 is 1.45. The van der Waals surface area contributed by atoms with Crippen molar-refractivity contribution in [2.75, 3.05) is 5.75 Å². The molecule has 102 valence electrons. The molecule has 1 rings (SSSR count). The van der Waals surface area contributed by atoms with E-state index in [-0.39, 0.29) is 18.4 Å². The summed E-state index contributed by atoms with van der Waals surface area (Å²) in [5, 5.41) is 9.76. The van der Waals surface area contributed by atoms with Crippen LogP contribution in [0.1, 0.15) is 27.2 Å². The van der Waals surface area contributed by atoms with Gasteiger partial charge < -0.3 is 5.11 Å². The number of halogens is 1. The molecule has 0 aliphatic carbocycles. The number of nitrogens with zero attached hydrogens (tertiary/aromatic N) is 1. The molecule has 1 aliphatic heterocycles. The number of hydrogen-bond acceptors (Lipinski definition) is 4. The quantitative estimate of drug-likeness (QED) is 0.790. The van der Waals surface area contributed by atoms with Gasteiger partial charge in [0.1, 0.15) is 4.32 Å². The van der Waals surface area contributed by atoms with E-state index < -0.39 is 6.10 Å². The second-order valence-corrected chi connectivity index (χ2v) is 7.58. The minimum atomic E-state index is -0.766. The molecular formula is C12H18BrNO2S2. The van der Waals surface area contributed by atoms with Gasteiger partial charge in [-0.3, -0.25) is 9.69 Å². The van der Waals surface area contributed by atoms with E-state index in [1.165, 1.54) is 0 Å². The molecule has 0 bridgehead atoms. The zero-order chi connectivity index (χ0) is 13.9. The average Bonchev–Trinajstić information content (AvgIpc) is 2.58. The summed E-state index contributed by atoms with van der Waals surface area (Å²) in [5.74, 6) is 1.12. The molecule has 0 aromatic carbocycles. The smallest absolute Gasteiger partial charge is 0.231 e. The van der Waals surface area contributed by atoms with Crippen LogP contribution >= 0.6 is 39.9 Å². The maximum atomic E-state index is 12.2. The molecule has 1 aliphatic rings. The van der Waals surface area contributed by atoms with Crippen molar-refractivity contribution in [3.05, 3.63) is 10.6 Å². The molecule has 1 N–H and O–H groups in total. The molecule has 0 spiro atoms. The molecule has 0 aromatic heterocycles. The molecule has 0 radical (unpaired) electrons. The molecule has 0 aromatic rings. The molecule has 3 nitrogen and oxygen atoms in total. The molecule has 1 amide bonds. The van der Waals surface area contributed by atoms with Gasteiger partial charge >= 0.3 is 0 Å². The Labute approximate surface area is 126 Å². The van der Waals surface area contributed by atoms with E-state index in [1.54, 1.807) is 22.7 Å². The van der Waals surface area contributed by atoms with Crippen LogP contribution in [-0.4, -0.2) is 38.1 Å². The lowest BCUT2D eigenvalue weighted by Crippen LogP contribution is -2.42. The van der Waals surface area contributed by atoms with Crippen LogP contribution in [0.15, 0.2) is 10.6 Å². The highest BCUT2D eigenvalue weighted by Crippen LogP contribution is 2.29. The number of amides is 1. The highest BCUT2D eigenvalue weighted by atomic mass is 79.9. The minimum Gasteiger partial charge on any atom is -0.388 e. The van der Waals surface area contributed by atoms with Crippen molar-refractivity contribution in [2.24, 2.45) is 5.92 Å². The van der Waals surface area contributed by atoms with Crippen LogP contribution in [0.4, 0.5) is 0 Å². The van der Waals surface area contributed by atoms with Crippen LogP contribution in [0.5, 0.6) is 0 Å². The van der Waals surface area contributed by atoms with Crippen LogP contribution in [-0.2, 0) is 4.79 Å². The third-order valence-corrected chi connectivity index (χ3v) is 4.52. The van der Waals surface area contributed by atoms with Crippen molar-refractivity contribution < 1.29 is 9.90 Å². The van der Waals surface area contributed by atoms with Crippen molar-refractivity contribution in [3.8, 4) is 0 Å². The van der Waals surface area contributed by atoms with E-state index in [2.05, 4.69) is 29.8 Å². The van der Waals surface area contributed by atoms with Crippen molar-refractivity contribution in [1.29, 1.82) is 0 Å². The second-order valence-electron chi connectivity index (χ2n) is 4.68. The molecule has 1 heterocycles. The number of thioether (sulfide) groups is 1. The lowest BCUT2D eigenvalue weighted by atomic mass is 10.0. The standard InChI is InChI=1S/C12H18BrNO2S2/c1-7(2)10-6-18-12(17)14(10)11(16)5-9(15)4-8(3)13/h4,7,9-10,15H,5-6H2,1-3H3/b8-4+/t9-,10?/m1/s1. The van der Waals surface area contributed by atoms with Crippen LogP contribution in [0.25, 0.3) is 0 Å². The fraction of sp³-hybridized carbons (Fsp3) is 0.667. The van der Waals surface area contributed by atoms with Gasteiger partial charge in [0.15, 0.2) is 0 Å². The molecule has 18 heavy (non-hydrogen) atoms. The highest BCUT2D eigenvalue weighted by molar-refractivity contribution is 9.11. The Morgan fingerprint density at radius 3 is 2.83 bits per heavy atom. The summed E-state index contributed by atoms with van der Waals surface area (Å²) in [6.07, 6.45) is 0.930. The largest absolute Gasteiger partial charge is 0.388 e. The number of aliphatic hydroxyl groups excluding tert-OH is 1. The number of rotatable bonds is 4. The maximum absolute atomic E-state index is 12.2. The van der Waals surface area contributed by atoms with Gasteiger partial charge in [0.25, 0.3) is 0 Å². The monoisotopic (exact) mass is 351 g/mol. The van der Waals surface area contributed by atoms with Gasteiger partial charge in [-0.25, -0.2) is 0 Å². The molecular weight excluding hydrogens is 334 g/mol. The van der Waals surface area contributed by atoms with Crippen molar-refractivity contribution in [1.82, 2.24) is 4.90 Å². The number of hydrogen-bond donors (Lipinski definition) is 1. The molecule has 0 saturated carbocycles. The topological polar surface area (TPSA) is 40.5 Å². The highest BCUT2D eigenvalue weighted by Gasteiger charge is 2.35. The van der Waals surface area contributed by atoms with Crippen molar-refractivity contribution >= 4 is 50.1 Å². The summed E-state index contributed by atoms with van der Waals surface area (Å²) in [6, 6.07) is 0.149. The third-order valence-electron chi connectivity index (χ3n) is 2.75. The molecule has 1 unspecified atom stereocenters. The summed E-state index contributed by atoms with van der Waals surface area (Å²) in [4.78, 5) is 13.9. The zero-order valence-corrected chi connectivity index (χ0v) is 13.9. The lowest BCUT2D eigenvalue weighted by Gasteiger charge is -2.27. The Kier molecular flexibility index (Phi) is 6.30. The fourth-order valence-corrected chi connectivity index (χ4v) is 3.78. The first-order valence-corrected chi connectivity index (χ1v) is 8.02. The van der Waals surface area contributed by atoms with Gasteiger partial charge in [-0.1, -0.05) is 53.8 Å².